The van der Waals surface area contributed by atoms with Crippen LogP contribution in [0, 0.1) is 22.7 Å². The molecule has 0 radical (unpaired) electrons. The lowest BCUT2D eigenvalue weighted by atomic mass is 9.74. The summed E-state index contributed by atoms with van der Waals surface area (Å²) in [4.78, 5) is 0. The molecular weight excluding hydrogens is 348 g/mol. The van der Waals surface area contributed by atoms with E-state index in [-0.39, 0.29) is 5.41 Å². The van der Waals surface area contributed by atoms with Gasteiger partial charge in [-0.05, 0) is 56.9 Å². The van der Waals surface area contributed by atoms with Gasteiger partial charge in [0.1, 0.15) is 0 Å². The summed E-state index contributed by atoms with van der Waals surface area (Å²) in [6.07, 6.45) is 1.33. The van der Waals surface area contributed by atoms with E-state index in [1.54, 1.807) is 5.57 Å². The molecule has 3 aromatic rings. The van der Waals surface area contributed by atoms with Crippen molar-refractivity contribution in [3.8, 4) is 0 Å². The van der Waals surface area contributed by atoms with Crippen molar-refractivity contribution in [1.29, 1.82) is 0 Å². The van der Waals surface area contributed by atoms with Gasteiger partial charge in [0.15, 0.2) is 0 Å². The van der Waals surface area contributed by atoms with Gasteiger partial charge in [-0.25, -0.2) is 0 Å². The van der Waals surface area contributed by atoms with Crippen LogP contribution >= 0.6 is 0 Å². The minimum atomic E-state index is 0.184. The van der Waals surface area contributed by atoms with Gasteiger partial charge in [-0.2, -0.15) is 0 Å². The molecule has 0 saturated heterocycles. The fourth-order valence-electron chi connectivity index (χ4n) is 7.61. The molecule has 0 N–H and O–H groups in total. The monoisotopic (exact) mass is 376 g/mol. The Morgan fingerprint density at radius 2 is 1.17 bits per heavy atom. The van der Waals surface area contributed by atoms with Gasteiger partial charge in [-0.1, -0.05) is 112 Å². The van der Waals surface area contributed by atoms with E-state index in [1.165, 1.54) is 28.7 Å². The Balaban J connectivity index is 1.72. The minimum absolute atomic E-state index is 0.184. The van der Waals surface area contributed by atoms with Gasteiger partial charge in [-0.15, -0.1) is 0 Å². The third kappa shape index (κ3) is 1.82. The highest BCUT2D eigenvalue weighted by molar-refractivity contribution is 5.88. The molecular formula is C29H28. The SMILES string of the molecule is CC1(C)[C@@H]2C[C@H]3[C@@](c4ccccc4)(C2=C(c2ccccc2)c2ccccc2)[C@@]31C. The second-order valence-corrected chi connectivity index (χ2v) is 9.96. The summed E-state index contributed by atoms with van der Waals surface area (Å²) in [5.41, 5.74) is 8.29. The molecule has 0 unspecified atom stereocenters. The maximum absolute atomic E-state index is 2.57. The fraction of sp³-hybridized carbons (Fsp3) is 0.310. The molecule has 144 valence electrons. The van der Waals surface area contributed by atoms with Crippen molar-refractivity contribution < 1.29 is 0 Å². The third-order valence-corrected chi connectivity index (χ3v) is 9.03. The van der Waals surface area contributed by atoms with E-state index in [9.17, 15) is 0 Å². The van der Waals surface area contributed by atoms with Gasteiger partial charge in [-0.3, -0.25) is 0 Å². The van der Waals surface area contributed by atoms with Gasteiger partial charge in [0, 0.05) is 5.41 Å². The Hall–Kier alpha value is -2.60. The maximum Gasteiger partial charge on any atom is 0.0270 e. The van der Waals surface area contributed by atoms with Gasteiger partial charge < -0.3 is 0 Å². The molecule has 7 rings (SSSR count). The normalized spacial score (nSPS) is 33.0. The van der Waals surface area contributed by atoms with Crippen LogP contribution < -0.4 is 0 Å². The molecule has 0 spiro atoms. The molecule has 4 saturated carbocycles. The van der Waals surface area contributed by atoms with Crippen LogP contribution in [0.3, 0.4) is 0 Å². The maximum atomic E-state index is 2.57. The Bertz CT molecular complexity index is 1060. The minimum Gasteiger partial charge on any atom is -0.0622 e. The standard InChI is InChI=1S/C29H28/c1-27(2)23-19-24-28(27,3)29(24,22-17-11-6-12-18-22)26(23)25(20-13-7-4-8-14-20)21-15-9-5-10-16-21/h4-18,23-24H,19H2,1-3H3/t23-,24-,28+,29+/m1/s1. The van der Waals surface area contributed by atoms with Crippen molar-refractivity contribution in [1.82, 2.24) is 0 Å². The molecule has 29 heavy (non-hydrogen) atoms. The van der Waals surface area contributed by atoms with Crippen LogP contribution in [0.25, 0.3) is 5.57 Å². The van der Waals surface area contributed by atoms with Gasteiger partial charge in [0.05, 0.1) is 0 Å². The van der Waals surface area contributed by atoms with E-state index >= 15 is 0 Å². The lowest BCUT2D eigenvalue weighted by molar-refractivity contribution is 0.202. The highest BCUT2D eigenvalue weighted by Gasteiger charge is 2.91. The van der Waals surface area contributed by atoms with Crippen LogP contribution in [0.1, 0.15) is 43.9 Å². The molecule has 0 amide bonds. The third-order valence-electron chi connectivity index (χ3n) is 9.03. The van der Waals surface area contributed by atoms with Crippen molar-refractivity contribution in [2.75, 3.05) is 0 Å². The number of hydrogen-bond donors (Lipinski definition) is 0. The Kier molecular flexibility index (Phi) is 3.28. The van der Waals surface area contributed by atoms with E-state index in [0.29, 0.717) is 16.7 Å². The van der Waals surface area contributed by atoms with E-state index in [2.05, 4.69) is 112 Å². The predicted octanol–water partition coefficient (Wildman–Crippen LogP) is 7.12. The average molecular weight is 377 g/mol. The van der Waals surface area contributed by atoms with Crippen LogP contribution in [-0.4, -0.2) is 0 Å². The first-order valence-electron chi connectivity index (χ1n) is 11.0. The molecule has 0 nitrogen and oxygen atoms in total. The summed E-state index contributed by atoms with van der Waals surface area (Å²) in [6.45, 7) is 7.64. The fourth-order valence-corrected chi connectivity index (χ4v) is 7.61. The predicted molar refractivity (Wildman–Crippen MR) is 121 cm³/mol. The van der Waals surface area contributed by atoms with Crippen molar-refractivity contribution in [3.63, 3.8) is 0 Å². The first-order chi connectivity index (χ1) is 14.0. The van der Waals surface area contributed by atoms with E-state index in [4.69, 9.17) is 0 Å². The summed E-state index contributed by atoms with van der Waals surface area (Å²) in [7, 11) is 0. The van der Waals surface area contributed by atoms with Gasteiger partial charge in [0.2, 0.25) is 0 Å². The summed E-state index contributed by atoms with van der Waals surface area (Å²) in [5, 5.41) is 0. The molecule has 4 atom stereocenters. The second-order valence-electron chi connectivity index (χ2n) is 9.96. The molecule has 0 aromatic heterocycles. The van der Waals surface area contributed by atoms with Crippen LogP contribution in [0.2, 0.25) is 0 Å². The number of allylic oxidation sites excluding steroid dienone is 1. The average Bonchev–Trinajstić information content (AvgIpc) is 2.95. The van der Waals surface area contributed by atoms with E-state index in [1.807, 2.05) is 0 Å². The molecule has 4 bridgehead atoms. The molecule has 0 heteroatoms. The topological polar surface area (TPSA) is 0 Å². The molecule has 4 aliphatic carbocycles. The summed E-state index contributed by atoms with van der Waals surface area (Å²) in [5.74, 6) is 1.41. The first-order valence-corrected chi connectivity index (χ1v) is 11.0. The smallest absolute Gasteiger partial charge is 0.0270 e. The largest absolute Gasteiger partial charge is 0.0622 e. The zero-order chi connectivity index (χ0) is 19.9. The molecule has 4 aliphatic rings. The van der Waals surface area contributed by atoms with Gasteiger partial charge >= 0.3 is 0 Å². The quantitative estimate of drug-likeness (QED) is 0.456. The lowest BCUT2D eigenvalue weighted by Crippen LogP contribution is -2.24. The van der Waals surface area contributed by atoms with Crippen molar-refractivity contribution in [3.05, 3.63) is 113 Å². The number of hydrogen-bond acceptors (Lipinski definition) is 0. The Morgan fingerprint density at radius 1 is 0.690 bits per heavy atom. The molecule has 0 heterocycles. The van der Waals surface area contributed by atoms with E-state index in [0.717, 1.165) is 5.92 Å². The highest BCUT2D eigenvalue weighted by atomic mass is 14.9. The van der Waals surface area contributed by atoms with Crippen LogP contribution in [0.15, 0.2) is 96.6 Å². The van der Waals surface area contributed by atoms with Crippen LogP contribution in [0.5, 0.6) is 0 Å². The molecule has 4 fully saturated rings. The van der Waals surface area contributed by atoms with Crippen molar-refractivity contribution >= 4 is 5.57 Å². The second kappa shape index (κ2) is 5.51. The van der Waals surface area contributed by atoms with Crippen molar-refractivity contribution in [2.24, 2.45) is 22.7 Å². The van der Waals surface area contributed by atoms with Crippen LogP contribution in [0.4, 0.5) is 0 Å². The number of benzene rings is 3. The molecule has 0 aliphatic heterocycles. The number of rotatable bonds is 3. The first kappa shape index (κ1) is 17.3. The summed E-state index contributed by atoms with van der Waals surface area (Å²) < 4.78 is 0. The Labute approximate surface area is 174 Å². The zero-order valence-corrected chi connectivity index (χ0v) is 17.5. The summed E-state index contributed by atoms with van der Waals surface area (Å²) in [6, 6.07) is 33.6. The van der Waals surface area contributed by atoms with Crippen molar-refractivity contribution in [2.45, 2.75) is 32.6 Å². The van der Waals surface area contributed by atoms with Crippen LogP contribution in [-0.2, 0) is 5.41 Å². The lowest BCUT2D eigenvalue weighted by Gasteiger charge is -2.29. The van der Waals surface area contributed by atoms with Gasteiger partial charge in [0.25, 0.3) is 0 Å². The summed E-state index contributed by atoms with van der Waals surface area (Å²) >= 11 is 0. The Morgan fingerprint density at radius 3 is 1.62 bits per heavy atom. The zero-order valence-electron chi connectivity index (χ0n) is 17.5. The molecule has 3 aromatic carbocycles. The highest BCUT2D eigenvalue weighted by Crippen LogP contribution is 2.94. The van der Waals surface area contributed by atoms with E-state index < -0.39 is 0 Å².